The van der Waals surface area contributed by atoms with Crippen LogP contribution in [-0.4, -0.2) is 47.4 Å². The highest BCUT2D eigenvalue weighted by molar-refractivity contribution is 7.91. The van der Waals surface area contributed by atoms with Crippen molar-refractivity contribution in [1.82, 2.24) is 14.9 Å². The summed E-state index contributed by atoms with van der Waals surface area (Å²) in [5.41, 5.74) is 2.60. The molecular formula is C12H17N5O2S2. The smallest absolute Gasteiger partial charge is 0.153 e. The van der Waals surface area contributed by atoms with Crippen molar-refractivity contribution in [2.45, 2.75) is 19.5 Å². The van der Waals surface area contributed by atoms with Crippen molar-refractivity contribution >= 4 is 37.2 Å². The molecule has 2 aromatic heterocycles. The molecule has 1 atom stereocenters. The van der Waals surface area contributed by atoms with Crippen LogP contribution in [0.2, 0.25) is 0 Å². The van der Waals surface area contributed by atoms with E-state index in [0.29, 0.717) is 24.7 Å². The van der Waals surface area contributed by atoms with Gasteiger partial charge in [-0.15, -0.1) is 11.3 Å². The molecule has 114 valence electrons. The fraction of sp³-hybridized carbons (Fsp3) is 0.500. The van der Waals surface area contributed by atoms with Crippen LogP contribution < -0.4 is 11.3 Å². The van der Waals surface area contributed by atoms with Gasteiger partial charge < -0.3 is 5.43 Å². The lowest BCUT2D eigenvalue weighted by atomic mass is 10.3. The second-order valence-corrected chi connectivity index (χ2v) is 8.33. The molecule has 3 heterocycles. The maximum Gasteiger partial charge on any atom is 0.153 e. The van der Waals surface area contributed by atoms with Gasteiger partial charge in [-0.2, -0.15) is 0 Å². The molecule has 0 spiro atoms. The number of hydrazine groups is 1. The maximum absolute atomic E-state index is 11.6. The molecule has 0 radical (unpaired) electrons. The Labute approximate surface area is 127 Å². The molecule has 3 N–H and O–H groups in total. The molecule has 1 aliphatic rings. The minimum atomic E-state index is -2.91. The fourth-order valence-electron chi connectivity index (χ4n) is 2.53. The molecule has 1 unspecified atom stereocenters. The molecule has 3 rings (SSSR count). The van der Waals surface area contributed by atoms with Gasteiger partial charge in [0.15, 0.2) is 15.7 Å². The summed E-state index contributed by atoms with van der Waals surface area (Å²) in [6.07, 6.45) is 0. The lowest BCUT2D eigenvalue weighted by Crippen LogP contribution is -2.46. The van der Waals surface area contributed by atoms with Crippen LogP contribution in [0.3, 0.4) is 0 Å². The zero-order valence-electron chi connectivity index (χ0n) is 11.6. The number of fused-ring (bicyclic) bond motifs is 1. The minimum absolute atomic E-state index is 0.0272. The van der Waals surface area contributed by atoms with Gasteiger partial charge >= 0.3 is 0 Å². The number of aromatic nitrogens is 2. The van der Waals surface area contributed by atoms with E-state index < -0.39 is 9.84 Å². The molecule has 0 bridgehead atoms. The normalized spacial score (nSPS) is 22.5. The molecule has 0 amide bonds. The molecule has 1 fully saturated rings. The number of rotatable bonds is 3. The van der Waals surface area contributed by atoms with Crippen molar-refractivity contribution in [1.29, 1.82) is 0 Å². The summed E-state index contributed by atoms with van der Waals surface area (Å²) < 4.78 is 23.2. The number of hydrogen-bond acceptors (Lipinski definition) is 8. The number of thiophene rings is 1. The van der Waals surface area contributed by atoms with E-state index in [4.69, 9.17) is 5.84 Å². The first-order valence-corrected chi connectivity index (χ1v) is 9.34. The van der Waals surface area contributed by atoms with Gasteiger partial charge in [0.05, 0.1) is 23.4 Å². The highest BCUT2D eigenvalue weighted by atomic mass is 32.2. The Kier molecular flexibility index (Phi) is 3.82. The molecular weight excluding hydrogens is 310 g/mol. The lowest BCUT2D eigenvalue weighted by Gasteiger charge is -2.32. The molecule has 7 nitrogen and oxygen atoms in total. The second kappa shape index (κ2) is 5.48. The monoisotopic (exact) mass is 327 g/mol. The third-order valence-electron chi connectivity index (χ3n) is 3.66. The van der Waals surface area contributed by atoms with Gasteiger partial charge in [0.1, 0.15) is 10.7 Å². The Morgan fingerprint density at radius 2 is 2.33 bits per heavy atom. The van der Waals surface area contributed by atoms with Crippen molar-refractivity contribution in [3.8, 4) is 0 Å². The van der Waals surface area contributed by atoms with Crippen molar-refractivity contribution in [3.05, 3.63) is 17.3 Å². The van der Waals surface area contributed by atoms with Crippen LogP contribution in [0, 0.1) is 0 Å². The Hall–Kier alpha value is -1.29. The zero-order valence-corrected chi connectivity index (χ0v) is 13.2. The average molecular weight is 327 g/mol. The number of nitrogen functional groups attached to an aromatic ring is 1. The second-order valence-electron chi connectivity index (χ2n) is 5.21. The SMILES string of the molecule is CC1CS(=O)(=O)CCN1Cc1nc(NN)c2ccsc2n1. The predicted molar refractivity (Wildman–Crippen MR) is 83.8 cm³/mol. The quantitative estimate of drug-likeness (QED) is 0.628. The number of sulfone groups is 1. The third-order valence-corrected chi connectivity index (χ3v) is 6.26. The first kappa shape index (κ1) is 14.6. The molecule has 0 aromatic carbocycles. The summed E-state index contributed by atoms with van der Waals surface area (Å²) in [5, 5.41) is 2.85. The first-order valence-electron chi connectivity index (χ1n) is 6.64. The minimum Gasteiger partial charge on any atom is -0.308 e. The van der Waals surface area contributed by atoms with Gasteiger partial charge in [-0.25, -0.2) is 24.2 Å². The fourth-order valence-corrected chi connectivity index (χ4v) is 4.94. The average Bonchev–Trinajstić information content (AvgIpc) is 2.89. The van der Waals surface area contributed by atoms with E-state index in [2.05, 4.69) is 20.3 Å². The van der Waals surface area contributed by atoms with Crippen molar-refractivity contribution in [2.75, 3.05) is 23.5 Å². The highest BCUT2D eigenvalue weighted by Crippen LogP contribution is 2.25. The molecule has 0 aliphatic carbocycles. The van der Waals surface area contributed by atoms with Crippen LogP contribution in [0.5, 0.6) is 0 Å². The van der Waals surface area contributed by atoms with Crippen molar-refractivity contribution < 1.29 is 8.42 Å². The Morgan fingerprint density at radius 3 is 3.05 bits per heavy atom. The summed E-state index contributed by atoms with van der Waals surface area (Å²) in [4.78, 5) is 11.9. The number of nitrogens with two attached hydrogens (primary N) is 1. The van der Waals surface area contributed by atoms with E-state index in [9.17, 15) is 8.42 Å². The summed E-state index contributed by atoms with van der Waals surface area (Å²) in [5.74, 6) is 7.16. The molecule has 21 heavy (non-hydrogen) atoms. The third kappa shape index (κ3) is 3.00. The molecule has 2 aromatic rings. The lowest BCUT2D eigenvalue weighted by molar-refractivity contribution is 0.213. The summed E-state index contributed by atoms with van der Waals surface area (Å²) >= 11 is 1.53. The van der Waals surface area contributed by atoms with Crippen LogP contribution in [0.25, 0.3) is 10.2 Å². The predicted octanol–water partition coefficient (Wildman–Crippen LogP) is 0.596. The van der Waals surface area contributed by atoms with Crippen molar-refractivity contribution in [3.63, 3.8) is 0 Å². The van der Waals surface area contributed by atoms with Crippen molar-refractivity contribution in [2.24, 2.45) is 5.84 Å². The summed E-state index contributed by atoms with van der Waals surface area (Å²) in [6.45, 7) is 2.96. The zero-order chi connectivity index (χ0) is 15.0. The Balaban J connectivity index is 1.85. The van der Waals surface area contributed by atoms with E-state index >= 15 is 0 Å². The first-order chi connectivity index (χ1) is 9.98. The number of anilines is 1. The van der Waals surface area contributed by atoms with Gasteiger partial charge in [0.2, 0.25) is 0 Å². The molecule has 0 saturated carbocycles. The maximum atomic E-state index is 11.6. The van der Waals surface area contributed by atoms with E-state index in [1.54, 1.807) is 0 Å². The highest BCUT2D eigenvalue weighted by Gasteiger charge is 2.28. The largest absolute Gasteiger partial charge is 0.308 e. The number of nitrogens with one attached hydrogen (secondary N) is 1. The van der Waals surface area contributed by atoms with E-state index in [-0.39, 0.29) is 17.5 Å². The standard InChI is InChI=1S/C12H17N5O2S2/c1-8-7-21(18,19)5-3-17(8)6-10-14-11(16-13)9-2-4-20-12(9)15-10/h2,4,8H,3,5-7,13H2,1H3,(H,14,15,16). The van der Waals surface area contributed by atoms with Crippen LogP contribution in [-0.2, 0) is 16.4 Å². The topological polar surface area (TPSA) is 101 Å². The van der Waals surface area contributed by atoms with E-state index in [1.165, 1.54) is 11.3 Å². The van der Waals surface area contributed by atoms with Crippen LogP contribution in [0.15, 0.2) is 11.4 Å². The summed E-state index contributed by atoms with van der Waals surface area (Å²) in [6, 6.07) is 1.90. The van der Waals surface area contributed by atoms with E-state index in [0.717, 1.165) is 10.2 Å². The Morgan fingerprint density at radius 1 is 1.52 bits per heavy atom. The number of hydrogen-bond donors (Lipinski definition) is 2. The van der Waals surface area contributed by atoms with Gasteiger partial charge in [-0.3, -0.25) is 4.90 Å². The van der Waals surface area contributed by atoms with Gasteiger partial charge in [-0.1, -0.05) is 0 Å². The molecule has 9 heteroatoms. The molecule has 1 aliphatic heterocycles. The van der Waals surface area contributed by atoms with Gasteiger partial charge in [0, 0.05) is 12.6 Å². The number of nitrogens with zero attached hydrogens (tertiary/aromatic N) is 3. The Bertz CT molecular complexity index is 758. The van der Waals surface area contributed by atoms with Gasteiger partial charge in [0.25, 0.3) is 0 Å². The van der Waals surface area contributed by atoms with Gasteiger partial charge in [-0.05, 0) is 18.4 Å². The van der Waals surface area contributed by atoms with E-state index in [1.807, 2.05) is 18.4 Å². The van der Waals surface area contributed by atoms with Crippen LogP contribution in [0.4, 0.5) is 5.82 Å². The molecule has 1 saturated heterocycles. The summed E-state index contributed by atoms with van der Waals surface area (Å²) in [7, 11) is -2.91. The van der Waals surface area contributed by atoms with Crippen LogP contribution in [0.1, 0.15) is 12.7 Å². The van der Waals surface area contributed by atoms with Crippen LogP contribution >= 0.6 is 11.3 Å².